The lowest BCUT2D eigenvalue weighted by Gasteiger charge is -2.22. The number of carbonyl (C=O) groups excluding carboxylic acids is 1. The van der Waals surface area contributed by atoms with Crippen LogP contribution in [0.3, 0.4) is 0 Å². The molecule has 0 saturated heterocycles. The Morgan fingerprint density at radius 3 is 2.29 bits per heavy atom. The van der Waals surface area contributed by atoms with Crippen molar-refractivity contribution in [2.45, 2.75) is 40.5 Å². The molecule has 0 aromatic heterocycles. The lowest BCUT2D eigenvalue weighted by molar-refractivity contribution is -0.117. The van der Waals surface area contributed by atoms with Crippen molar-refractivity contribution >= 4 is 11.5 Å². The minimum Gasteiger partial charge on any atom is -0.374 e. The second-order valence-corrected chi connectivity index (χ2v) is 4.95. The van der Waals surface area contributed by atoms with Crippen LogP contribution in [0, 0.1) is 20.8 Å². The van der Waals surface area contributed by atoms with Crippen LogP contribution in [0.25, 0.3) is 0 Å². The van der Waals surface area contributed by atoms with E-state index in [4.69, 9.17) is 0 Å². The fraction of sp³-hybridized carbons (Fsp3) is 0.533. The van der Waals surface area contributed by atoms with E-state index in [-0.39, 0.29) is 5.78 Å². The van der Waals surface area contributed by atoms with Crippen LogP contribution in [0.2, 0.25) is 0 Å². The Labute approximate surface area is 105 Å². The van der Waals surface area contributed by atoms with E-state index < -0.39 is 0 Å². The topological polar surface area (TPSA) is 20.3 Å². The van der Waals surface area contributed by atoms with Gasteiger partial charge >= 0.3 is 0 Å². The molecular formula is C15H23NO. The summed E-state index contributed by atoms with van der Waals surface area (Å²) in [6.45, 7) is 9.01. The van der Waals surface area contributed by atoms with E-state index >= 15 is 0 Å². The number of aryl methyl sites for hydroxylation is 3. The number of nitrogens with zero attached hydrogens (tertiary/aromatic N) is 1. The summed E-state index contributed by atoms with van der Waals surface area (Å²) in [6.07, 6.45) is 1.60. The summed E-state index contributed by atoms with van der Waals surface area (Å²) in [4.78, 5) is 13.1. The van der Waals surface area contributed by atoms with Gasteiger partial charge < -0.3 is 9.69 Å². The normalized spacial score (nSPS) is 10.4. The molecule has 0 amide bonds. The molecule has 1 aromatic rings. The van der Waals surface area contributed by atoms with Crippen molar-refractivity contribution in [3.63, 3.8) is 0 Å². The Hall–Kier alpha value is -1.31. The van der Waals surface area contributed by atoms with Crippen LogP contribution in [0.4, 0.5) is 5.69 Å². The number of ketones is 1. The highest BCUT2D eigenvalue weighted by Crippen LogP contribution is 2.23. The summed E-state index contributed by atoms with van der Waals surface area (Å²) >= 11 is 0. The molecule has 0 aliphatic carbocycles. The van der Waals surface area contributed by atoms with Crippen LogP contribution in [0.1, 0.15) is 36.5 Å². The second-order valence-electron chi connectivity index (χ2n) is 4.95. The zero-order valence-corrected chi connectivity index (χ0v) is 11.6. The van der Waals surface area contributed by atoms with Gasteiger partial charge in [-0.3, -0.25) is 0 Å². The van der Waals surface area contributed by atoms with E-state index in [9.17, 15) is 4.79 Å². The molecule has 2 heteroatoms. The molecule has 0 N–H and O–H groups in total. The quantitative estimate of drug-likeness (QED) is 0.776. The number of Topliss-reactive ketones (excluding diaryl/α,β-unsaturated/α-hetero) is 1. The van der Waals surface area contributed by atoms with Gasteiger partial charge in [-0.15, -0.1) is 0 Å². The van der Waals surface area contributed by atoms with Gasteiger partial charge in [-0.25, -0.2) is 0 Å². The number of hydrogen-bond acceptors (Lipinski definition) is 2. The van der Waals surface area contributed by atoms with Gasteiger partial charge in [0.2, 0.25) is 0 Å². The Morgan fingerprint density at radius 2 is 1.71 bits per heavy atom. The van der Waals surface area contributed by atoms with Crippen molar-refractivity contribution in [1.29, 1.82) is 0 Å². The van der Waals surface area contributed by atoms with E-state index in [2.05, 4.69) is 44.9 Å². The Kier molecular flexibility index (Phi) is 4.73. The van der Waals surface area contributed by atoms with Crippen LogP contribution in [-0.2, 0) is 4.79 Å². The predicted octanol–water partition coefficient (Wildman–Crippen LogP) is 3.42. The first-order valence-corrected chi connectivity index (χ1v) is 6.20. The monoisotopic (exact) mass is 233 g/mol. The molecule has 0 spiro atoms. The average Bonchev–Trinajstić information content (AvgIpc) is 2.22. The summed E-state index contributed by atoms with van der Waals surface area (Å²) < 4.78 is 0. The van der Waals surface area contributed by atoms with Gasteiger partial charge in [-0.2, -0.15) is 0 Å². The van der Waals surface area contributed by atoms with E-state index in [1.807, 2.05) is 0 Å². The fourth-order valence-corrected chi connectivity index (χ4v) is 2.04. The average molecular weight is 233 g/mol. The highest BCUT2D eigenvalue weighted by Gasteiger charge is 2.07. The van der Waals surface area contributed by atoms with E-state index in [0.29, 0.717) is 6.42 Å². The maximum absolute atomic E-state index is 10.9. The predicted molar refractivity (Wildman–Crippen MR) is 73.8 cm³/mol. The third-order valence-electron chi connectivity index (χ3n) is 3.25. The van der Waals surface area contributed by atoms with Gasteiger partial charge in [-0.1, -0.05) is 6.07 Å². The summed E-state index contributed by atoms with van der Waals surface area (Å²) in [5.41, 5.74) is 5.24. The maximum atomic E-state index is 10.9. The van der Waals surface area contributed by atoms with Crippen molar-refractivity contribution in [3.8, 4) is 0 Å². The van der Waals surface area contributed by atoms with Crippen LogP contribution in [-0.4, -0.2) is 19.4 Å². The first-order chi connectivity index (χ1) is 7.91. The van der Waals surface area contributed by atoms with Crippen molar-refractivity contribution in [2.24, 2.45) is 0 Å². The third-order valence-corrected chi connectivity index (χ3v) is 3.25. The molecule has 2 nitrogen and oxygen atoms in total. The summed E-state index contributed by atoms with van der Waals surface area (Å²) in [5.74, 6) is 0.273. The van der Waals surface area contributed by atoms with Gasteiger partial charge in [0.1, 0.15) is 5.78 Å². The van der Waals surface area contributed by atoms with E-state index in [1.54, 1.807) is 6.92 Å². The third kappa shape index (κ3) is 3.88. The summed E-state index contributed by atoms with van der Waals surface area (Å²) in [6, 6.07) is 4.46. The lowest BCUT2D eigenvalue weighted by Crippen LogP contribution is -2.20. The number of carbonyl (C=O) groups is 1. The molecule has 1 aromatic carbocycles. The molecule has 0 radical (unpaired) electrons. The Balaban J connectivity index is 2.71. The standard InChI is InChI=1S/C15H23NO/c1-11-9-13(3)15(10-12(11)2)16(5)8-6-7-14(4)17/h9-10H,6-8H2,1-5H3. The SMILES string of the molecule is CC(=O)CCCN(C)c1cc(C)c(C)cc1C. The molecule has 1 rings (SSSR count). The zero-order chi connectivity index (χ0) is 13.0. The highest BCUT2D eigenvalue weighted by atomic mass is 16.1. The highest BCUT2D eigenvalue weighted by molar-refractivity contribution is 5.75. The van der Waals surface area contributed by atoms with Gasteiger partial charge in [0, 0.05) is 25.7 Å². The molecule has 0 unspecified atom stereocenters. The van der Waals surface area contributed by atoms with Gasteiger partial charge in [0.25, 0.3) is 0 Å². The fourth-order valence-electron chi connectivity index (χ4n) is 2.04. The zero-order valence-electron chi connectivity index (χ0n) is 11.6. The van der Waals surface area contributed by atoms with Crippen molar-refractivity contribution in [2.75, 3.05) is 18.5 Å². The van der Waals surface area contributed by atoms with Gasteiger partial charge in [0.05, 0.1) is 0 Å². The Bertz CT molecular complexity index is 410. The molecule has 94 valence electrons. The van der Waals surface area contributed by atoms with E-state index in [1.165, 1.54) is 22.4 Å². The second kappa shape index (κ2) is 5.85. The molecular weight excluding hydrogens is 210 g/mol. The van der Waals surface area contributed by atoms with Gasteiger partial charge in [-0.05, 0) is 56.9 Å². The molecule has 0 fully saturated rings. The van der Waals surface area contributed by atoms with Crippen LogP contribution in [0.15, 0.2) is 12.1 Å². The first kappa shape index (κ1) is 13.8. The van der Waals surface area contributed by atoms with Crippen LogP contribution in [0.5, 0.6) is 0 Å². The molecule has 17 heavy (non-hydrogen) atoms. The molecule has 0 aliphatic rings. The van der Waals surface area contributed by atoms with Crippen molar-refractivity contribution in [3.05, 3.63) is 28.8 Å². The number of hydrogen-bond donors (Lipinski definition) is 0. The van der Waals surface area contributed by atoms with Gasteiger partial charge in [0.15, 0.2) is 0 Å². The molecule has 0 bridgehead atoms. The molecule has 0 heterocycles. The summed E-state index contributed by atoms with van der Waals surface area (Å²) in [7, 11) is 2.09. The molecule has 0 saturated carbocycles. The van der Waals surface area contributed by atoms with Crippen molar-refractivity contribution in [1.82, 2.24) is 0 Å². The lowest BCUT2D eigenvalue weighted by atomic mass is 10.0. The van der Waals surface area contributed by atoms with Crippen LogP contribution < -0.4 is 4.90 Å². The smallest absolute Gasteiger partial charge is 0.129 e. The van der Waals surface area contributed by atoms with Crippen molar-refractivity contribution < 1.29 is 4.79 Å². The largest absolute Gasteiger partial charge is 0.374 e. The minimum atomic E-state index is 0.273. The Morgan fingerprint density at radius 1 is 1.12 bits per heavy atom. The number of benzene rings is 1. The number of rotatable bonds is 5. The van der Waals surface area contributed by atoms with Crippen LogP contribution >= 0.6 is 0 Å². The maximum Gasteiger partial charge on any atom is 0.129 e. The minimum absolute atomic E-state index is 0.273. The summed E-state index contributed by atoms with van der Waals surface area (Å²) in [5, 5.41) is 0. The first-order valence-electron chi connectivity index (χ1n) is 6.20. The van der Waals surface area contributed by atoms with E-state index in [0.717, 1.165) is 13.0 Å². The molecule has 0 aliphatic heterocycles. The number of anilines is 1. The molecule has 0 atom stereocenters.